The molecule has 110 valence electrons. The van der Waals surface area contributed by atoms with Gasteiger partial charge in [-0.2, -0.15) is 8.42 Å². The van der Waals surface area contributed by atoms with Crippen LogP contribution < -0.4 is 0 Å². The summed E-state index contributed by atoms with van der Waals surface area (Å²) in [5.74, 6) is -1.59. The number of rotatable bonds is 4. The van der Waals surface area contributed by atoms with Crippen molar-refractivity contribution in [2.24, 2.45) is 0 Å². The molecule has 20 heavy (non-hydrogen) atoms. The minimum Gasteiger partial charge on any atom is -0.455 e. The monoisotopic (exact) mass is 304 g/mol. The van der Waals surface area contributed by atoms with Gasteiger partial charge in [0.15, 0.2) is 11.9 Å². The molecule has 0 amide bonds. The Labute approximate surface area is 114 Å². The zero-order valence-electron chi connectivity index (χ0n) is 10.3. The summed E-state index contributed by atoms with van der Waals surface area (Å²) in [5.41, 5.74) is 0. The molecule has 2 bridgehead atoms. The van der Waals surface area contributed by atoms with Crippen LogP contribution in [0.25, 0.3) is 0 Å². The maximum atomic E-state index is 11.8. The van der Waals surface area contributed by atoms with E-state index in [0.29, 0.717) is 6.42 Å². The van der Waals surface area contributed by atoms with E-state index in [9.17, 15) is 18.0 Å². The molecule has 0 aromatic heterocycles. The van der Waals surface area contributed by atoms with Gasteiger partial charge in [-0.25, -0.2) is 9.59 Å². The van der Waals surface area contributed by atoms with E-state index < -0.39 is 58.3 Å². The van der Waals surface area contributed by atoms with Gasteiger partial charge in [-0.05, 0) is 0 Å². The molecule has 3 fully saturated rings. The zero-order valence-corrected chi connectivity index (χ0v) is 11.1. The number of carbonyl (C=O) groups excluding carboxylic acids is 2. The number of esters is 2. The zero-order chi connectivity index (χ0) is 14.5. The lowest BCUT2D eigenvalue weighted by Gasteiger charge is -2.21. The molecule has 3 rings (SSSR count). The van der Waals surface area contributed by atoms with E-state index in [1.165, 1.54) is 0 Å². The molecular formula is C11H12O8S. The van der Waals surface area contributed by atoms with Crippen molar-refractivity contribution in [3.63, 3.8) is 0 Å². The molecule has 0 aromatic carbocycles. The maximum absolute atomic E-state index is 11.8. The fourth-order valence-electron chi connectivity index (χ4n) is 2.78. The lowest BCUT2D eigenvalue weighted by Crippen LogP contribution is -2.43. The molecule has 0 spiro atoms. The van der Waals surface area contributed by atoms with Crippen LogP contribution in [-0.2, 0) is 38.1 Å². The Hall–Kier alpha value is -1.45. The molecule has 0 saturated carbocycles. The quantitative estimate of drug-likeness (QED) is 0.366. The van der Waals surface area contributed by atoms with Crippen molar-refractivity contribution in [2.45, 2.75) is 36.1 Å². The summed E-state index contributed by atoms with van der Waals surface area (Å²) in [7, 11) is -3.79. The molecule has 0 aliphatic carbocycles. The summed E-state index contributed by atoms with van der Waals surface area (Å²) in [6.07, 6.45) is -1.20. The molecule has 0 aromatic rings. The first-order valence-corrected chi connectivity index (χ1v) is 7.46. The van der Waals surface area contributed by atoms with E-state index in [1.54, 1.807) is 0 Å². The molecule has 0 radical (unpaired) electrons. The van der Waals surface area contributed by atoms with Crippen LogP contribution >= 0.6 is 0 Å². The lowest BCUT2D eigenvalue weighted by atomic mass is 9.95. The first-order valence-electron chi connectivity index (χ1n) is 5.98. The Morgan fingerprint density at radius 3 is 2.80 bits per heavy atom. The van der Waals surface area contributed by atoms with Gasteiger partial charge in [-0.1, -0.05) is 6.58 Å². The Balaban J connectivity index is 1.65. The third-order valence-electron chi connectivity index (χ3n) is 3.53. The molecule has 3 saturated heterocycles. The van der Waals surface area contributed by atoms with Crippen LogP contribution in [-0.4, -0.2) is 56.6 Å². The third-order valence-corrected chi connectivity index (χ3v) is 5.25. The van der Waals surface area contributed by atoms with Gasteiger partial charge in [0.05, 0.1) is 6.10 Å². The number of hydrogen-bond donors (Lipinski definition) is 0. The van der Waals surface area contributed by atoms with E-state index in [1.807, 2.05) is 0 Å². The van der Waals surface area contributed by atoms with E-state index in [2.05, 4.69) is 11.3 Å². The summed E-state index contributed by atoms with van der Waals surface area (Å²) in [4.78, 5) is 22.4. The summed E-state index contributed by atoms with van der Waals surface area (Å²) in [5, 5.41) is -0.995. The average Bonchev–Trinajstić information content (AvgIpc) is 2.96. The number of fused-ring (bicyclic) bond motifs is 1. The Morgan fingerprint density at radius 1 is 1.35 bits per heavy atom. The van der Waals surface area contributed by atoms with Crippen LogP contribution in [0.1, 0.15) is 6.42 Å². The number of hydrogen-bond acceptors (Lipinski definition) is 8. The fourth-order valence-corrected chi connectivity index (χ4v) is 4.57. The summed E-state index contributed by atoms with van der Waals surface area (Å²) in [6, 6.07) is 0. The molecule has 8 nitrogen and oxygen atoms in total. The standard InChI is InChI=1S/C11H12O8S/c1-2-7(12)16-4-8(13)18-9-5-3-6-10(17-5)11(9)20(14,15)19-6/h2,5-6,9-11H,1,3-4H2. The minimum absolute atomic E-state index is 0.366. The van der Waals surface area contributed by atoms with Crippen molar-refractivity contribution in [2.75, 3.05) is 6.61 Å². The number of carbonyl (C=O) groups is 2. The van der Waals surface area contributed by atoms with Crippen LogP contribution in [0.3, 0.4) is 0 Å². The highest BCUT2D eigenvalue weighted by molar-refractivity contribution is 7.87. The molecule has 3 aliphatic heterocycles. The summed E-state index contributed by atoms with van der Waals surface area (Å²) < 4.78 is 43.5. The fraction of sp³-hybridized carbons (Fsp3) is 0.636. The van der Waals surface area contributed by atoms with Crippen molar-refractivity contribution >= 4 is 22.1 Å². The van der Waals surface area contributed by atoms with Crippen molar-refractivity contribution in [3.8, 4) is 0 Å². The predicted molar refractivity (Wildman–Crippen MR) is 61.9 cm³/mol. The molecule has 5 atom stereocenters. The molecular weight excluding hydrogens is 292 g/mol. The largest absolute Gasteiger partial charge is 0.455 e. The summed E-state index contributed by atoms with van der Waals surface area (Å²) >= 11 is 0. The van der Waals surface area contributed by atoms with Gasteiger partial charge >= 0.3 is 11.9 Å². The van der Waals surface area contributed by atoms with E-state index in [4.69, 9.17) is 13.7 Å². The van der Waals surface area contributed by atoms with Crippen molar-refractivity contribution < 1.29 is 36.4 Å². The Bertz CT molecular complexity index is 565. The summed E-state index contributed by atoms with van der Waals surface area (Å²) in [6.45, 7) is 2.58. The predicted octanol–water partition coefficient (Wildman–Crippen LogP) is -1.10. The normalized spacial score (nSPS) is 39.5. The van der Waals surface area contributed by atoms with Gasteiger partial charge in [-0.15, -0.1) is 0 Å². The van der Waals surface area contributed by atoms with Gasteiger partial charge in [0, 0.05) is 12.5 Å². The lowest BCUT2D eigenvalue weighted by molar-refractivity contribution is -0.161. The molecule has 0 N–H and O–H groups in total. The van der Waals surface area contributed by atoms with Crippen LogP contribution in [0.4, 0.5) is 0 Å². The SMILES string of the molecule is C=CC(=O)OCC(=O)OC1C2CC3OS(=O)(=O)C1C3O2. The highest BCUT2D eigenvalue weighted by atomic mass is 32.2. The third kappa shape index (κ3) is 2.02. The minimum atomic E-state index is -3.79. The molecule has 3 aliphatic rings. The average molecular weight is 304 g/mol. The molecule has 3 heterocycles. The second kappa shape index (κ2) is 4.54. The topological polar surface area (TPSA) is 105 Å². The van der Waals surface area contributed by atoms with E-state index in [-0.39, 0.29) is 0 Å². The first kappa shape index (κ1) is 13.5. The van der Waals surface area contributed by atoms with Gasteiger partial charge < -0.3 is 14.2 Å². The van der Waals surface area contributed by atoms with Crippen molar-refractivity contribution in [1.82, 2.24) is 0 Å². The van der Waals surface area contributed by atoms with E-state index in [0.717, 1.165) is 6.08 Å². The van der Waals surface area contributed by atoms with Gasteiger partial charge in [-0.3, -0.25) is 4.18 Å². The first-order chi connectivity index (χ1) is 9.42. The second-order valence-corrected chi connectivity index (χ2v) is 6.46. The van der Waals surface area contributed by atoms with Crippen LogP contribution in [0, 0.1) is 0 Å². The smallest absolute Gasteiger partial charge is 0.344 e. The Morgan fingerprint density at radius 2 is 2.10 bits per heavy atom. The van der Waals surface area contributed by atoms with Crippen molar-refractivity contribution in [3.05, 3.63) is 12.7 Å². The van der Waals surface area contributed by atoms with Gasteiger partial charge in [0.25, 0.3) is 10.1 Å². The van der Waals surface area contributed by atoms with Gasteiger partial charge in [0.2, 0.25) is 0 Å². The van der Waals surface area contributed by atoms with Crippen molar-refractivity contribution in [1.29, 1.82) is 0 Å². The van der Waals surface area contributed by atoms with Crippen LogP contribution in [0.15, 0.2) is 12.7 Å². The van der Waals surface area contributed by atoms with Crippen LogP contribution in [0.2, 0.25) is 0 Å². The van der Waals surface area contributed by atoms with E-state index >= 15 is 0 Å². The van der Waals surface area contributed by atoms with Crippen LogP contribution in [0.5, 0.6) is 0 Å². The Kier molecular flexibility index (Phi) is 3.07. The number of ether oxygens (including phenoxy) is 3. The second-order valence-electron chi connectivity index (χ2n) is 4.73. The molecule has 9 heteroatoms. The van der Waals surface area contributed by atoms with Gasteiger partial charge in [0.1, 0.15) is 18.3 Å². The highest BCUT2D eigenvalue weighted by Crippen LogP contribution is 2.47. The maximum Gasteiger partial charge on any atom is 0.344 e. The molecule has 5 unspecified atom stereocenters. The highest BCUT2D eigenvalue weighted by Gasteiger charge is 2.67.